The summed E-state index contributed by atoms with van der Waals surface area (Å²) in [5, 5.41) is 9.06. The fourth-order valence-electron chi connectivity index (χ4n) is 3.95. The van der Waals surface area contributed by atoms with Gasteiger partial charge >= 0.3 is 0 Å². The van der Waals surface area contributed by atoms with Gasteiger partial charge in [-0.1, -0.05) is 6.07 Å². The Balaban J connectivity index is 2.00. The van der Waals surface area contributed by atoms with E-state index < -0.39 is 11.6 Å². The van der Waals surface area contributed by atoms with Gasteiger partial charge in [-0.3, -0.25) is 4.79 Å². The van der Waals surface area contributed by atoms with Crippen LogP contribution in [-0.4, -0.2) is 29.8 Å². The average Bonchev–Trinajstić information content (AvgIpc) is 3.30. The molecule has 0 radical (unpaired) electrons. The van der Waals surface area contributed by atoms with Crippen LogP contribution < -0.4 is 15.2 Å². The normalized spacial score (nSPS) is 13.3. The molecule has 6 nitrogen and oxygen atoms in total. The number of anilines is 1. The molecule has 0 aliphatic carbocycles. The minimum Gasteiger partial charge on any atom is -0.479 e. The van der Waals surface area contributed by atoms with Crippen molar-refractivity contribution in [3.63, 3.8) is 0 Å². The van der Waals surface area contributed by atoms with E-state index in [1.807, 2.05) is 4.90 Å². The van der Waals surface area contributed by atoms with Crippen LogP contribution in [0.25, 0.3) is 22.4 Å². The molecule has 0 bridgehead atoms. The summed E-state index contributed by atoms with van der Waals surface area (Å²) in [6.07, 6.45) is 3.38. The second-order valence-electron chi connectivity index (χ2n) is 7.37. The van der Waals surface area contributed by atoms with Gasteiger partial charge in [0, 0.05) is 37.5 Å². The predicted octanol–water partition coefficient (Wildman–Crippen LogP) is 3.87. The Hall–Kier alpha value is -3.73. The molecule has 1 aliphatic rings. The van der Waals surface area contributed by atoms with Crippen LogP contribution in [0.5, 0.6) is 5.88 Å². The van der Waals surface area contributed by atoms with Crippen molar-refractivity contribution in [3.8, 4) is 34.3 Å². The lowest BCUT2D eigenvalue weighted by Crippen LogP contribution is -2.30. The van der Waals surface area contributed by atoms with Crippen LogP contribution in [0.4, 0.5) is 14.5 Å². The molecule has 8 heteroatoms. The number of pyridine rings is 2. The molecule has 1 aromatic carbocycles. The monoisotopic (exact) mass is 422 g/mol. The molecular formula is C23H20F2N4O2. The highest BCUT2D eigenvalue weighted by Crippen LogP contribution is 2.35. The van der Waals surface area contributed by atoms with Crippen molar-refractivity contribution >= 4 is 5.69 Å². The van der Waals surface area contributed by atoms with Gasteiger partial charge in [-0.25, -0.2) is 13.8 Å². The number of ether oxygens (including phenoxy) is 1. The van der Waals surface area contributed by atoms with Gasteiger partial charge in [-0.05, 0) is 42.7 Å². The third kappa shape index (κ3) is 3.63. The maximum absolute atomic E-state index is 14.4. The van der Waals surface area contributed by atoms with Crippen molar-refractivity contribution in [2.45, 2.75) is 12.8 Å². The molecule has 158 valence electrons. The van der Waals surface area contributed by atoms with Gasteiger partial charge in [0.05, 0.1) is 18.4 Å². The van der Waals surface area contributed by atoms with E-state index in [4.69, 9.17) is 10.00 Å². The topological polar surface area (TPSA) is 71.2 Å². The Bertz CT molecular complexity index is 1260. The number of aromatic nitrogens is 2. The highest BCUT2D eigenvalue weighted by molar-refractivity contribution is 5.83. The Kier molecular flexibility index (Phi) is 5.42. The van der Waals surface area contributed by atoms with E-state index in [1.165, 1.54) is 36.1 Å². The van der Waals surface area contributed by atoms with E-state index in [2.05, 4.69) is 4.98 Å². The van der Waals surface area contributed by atoms with Crippen LogP contribution >= 0.6 is 0 Å². The molecule has 1 aliphatic heterocycles. The quantitative estimate of drug-likeness (QED) is 0.638. The third-order valence-corrected chi connectivity index (χ3v) is 5.52. The van der Waals surface area contributed by atoms with E-state index in [1.54, 1.807) is 25.2 Å². The molecule has 0 spiro atoms. The van der Waals surface area contributed by atoms with E-state index >= 15 is 0 Å². The summed E-state index contributed by atoms with van der Waals surface area (Å²) in [5.74, 6) is -1.50. The lowest BCUT2D eigenvalue weighted by molar-refractivity contribution is 0.369. The summed E-state index contributed by atoms with van der Waals surface area (Å²) in [5.41, 5.74) is 1.96. The summed E-state index contributed by atoms with van der Waals surface area (Å²) in [6.45, 7) is 1.52. The van der Waals surface area contributed by atoms with Crippen molar-refractivity contribution in [3.05, 3.63) is 64.1 Å². The Morgan fingerprint density at radius 3 is 2.42 bits per heavy atom. The number of nitriles is 1. The zero-order chi connectivity index (χ0) is 22.1. The SMILES string of the molecule is COc1ncc(-c2c(-c3ccc(C#N)c(F)c3)cc(N3CCCC3)c(=O)n2C)cc1F. The summed E-state index contributed by atoms with van der Waals surface area (Å²) < 4.78 is 35.2. The maximum atomic E-state index is 14.4. The molecule has 0 atom stereocenters. The Labute approximate surface area is 178 Å². The Morgan fingerprint density at radius 1 is 1.10 bits per heavy atom. The summed E-state index contributed by atoms with van der Waals surface area (Å²) in [4.78, 5) is 19.2. The van der Waals surface area contributed by atoms with Crippen LogP contribution in [0.1, 0.15) is 18.4 Å². The summed E-state index contributed by atoms with van der Waals surface area (Å²) in [7, 11) is 2.92. The molecule has 0 unspecified atom stereocenters. The molecule has 2 aromatic heterocycles. The lowest BCUT2D eigenvalue weighted by Gasteiger charge is -2.22. The van der Waals surface area contributed by atoms with Crippen LogP contribution in [0.3, 0.4) is 0 Å². The predicted molar refractivity (Wildman–Crippen MR) is 113 cm³/mol. The fraction of sp³-hybridized carbons (Fsp3) is 0.261. The van der Waals surface area contributed by atoms with Gasteiger partial charge in [-0.15, -0.1) is 0 Å². The number of halogens is 2. The molecule has 0 N–H and O–H groups in total. The van der Waals surface area contributed by atoms with Gasteiger partial charge in [0.25, 0.3) is 5.56 Å². The smallest absolute Gasteiger partial charge is 0.274 e. The molecular weight excluding hydrogens is 402 g/mol. The van der Waals surface area contributed by atoms with Gasteiger partial charge in [0.2, 0.25) is 5.88 Å². The molecule has 0 saturated carbocycles. The highest BCUT2D eigenvalue weighted by Gasteiger charge is 2.23. The first-order chi connectivity index (χ1) is 14.9. The molecule has 3 heterocycles. The summed E-state index contributed by atoms with van der Waals surface area (Å²) >= 11 is 0. The van der Waals surface area contributed by atoms with E-state index in [9.17, 15) is 13.6 Å². The second-order valence-corrected chi connectivity index (χ2v) is 7.37. The fourth-order valence-corrected chi connectivity index (χ4v) is 3.95. The first kappa shape index (κ1) is 20.5. The minimum absolute atomic E-state index is 0.0768. The summed E-state index contributed by atoms with van der Waals surface area (Å²) in [6, 6.07) is 9.02. The van der Waals surface area contributed by atoms with E-state index in [-0.39, 0.29) is 17.0 Å². The average molecular weight is 422 g/mol. The van der Waals surface area contributed by atoms with Gasteiger partial charge in [-0.2, -0.15) is 5.26 Å². The number of rotatable bonds is 4. The molecule has 31 heavy (non-hydrogen) atoms. The minimum atomic E-state index is -0.673. The lowest BCUT2D eigenvalue weighted by atomic mass is 9.97. The number of hydrogen-bond acceptors (Lipinski definition) is 5. The van der Waals surface area contributed by atoms with Crippen LogP contribution in [0, 0.1) is 23.0 Å². The van der Waals surface area contributed by atoms with Crippen molar-refractivity contribution in [2.24, 2.45) is 7.05 Å². The molecule has 1 saturated heterocycles. The van der Waals surface area contributed by atoms with Gasteiger partial charge in [0.1, 0.15) is 17.6 Å². The first-order valence-electron chi connectivity index (χ1n) is 9.83. The van der Waals surface area contributed by atoms with E-state index in [0.717, 1.165) is 25.9 Å². The van der Waals surface area contributed by atoms with Crippen molar-refractivity contribution in [2.75, 3.05) is 25.1 Å². The largest absolute Gasteiger partial charge is 0.479 e. The van der Waals surface area contributed by atoms with Crippen LogP contribution in [0.2, 0.25) is 0 Å². The Morgan fingerprint density at radius 2 is 1.81 bits per heavy atom. The second kappa shape index (κ2) is 8.19. The standard InChI is InChI=1S/C23H20F2N4O2/c1-28-21(16-10-19(25)22(31-2)27-13-16)17(14-5-6-15(12-26)18(24)9-14)11-20(23(28)30)29-7-3-4-8-29/h5-6,9-11,13H,3-4,7-8H2,1-2H3. The number of methoxy groups -OCH3 is 1. The maximum Gasteiger partial charge on any atom is 0.274 e. The molecule has 1 fully saturated rings. The molecule has 3 aromatic rings. The van der Waals surface area contributed by atoms with Gasteiger partial charge in [0.15, 0.2) is 5.82 Å². The number of hydrogen-bond donors (Lipinski definition) is 0. The van der Waals surface area contributed by atoms with E-state index in [0.29, 0.717) is 28.1 Å². The van der Waals surface area contributed by atoms with Crippen molar-refractivity contribution in [1.82, 2.24) is 9.55 Å². The number of benzene rings is 1. The van der Waals surface area contributed by atoms with Crippen molar-refractivity contribution < 1.29 is 13.5 Å². The van der Waals surface area contributed by atoms with Crippen LogP contribution in [-0.2, 0) is 7.05 Å². The zero-order valence-corrected chi connectivity index (χ0v) is 17.2. The van der Waals surface area contributed by atoms with Gasteiger partial charge < -0.3 is 14.2 Å². The molecule has 4 rings (SSSR count). The van der Waals surface area contributed by atoms with Crippen LogP contribution in [0.15, 0.2) is 41.3 Å². The van der Waals surface area contributed by atoms with Crippen molar-refractivity contribution in [1.29, 1.82) is 5.26 Å². The molecule has 0 amide bonds. The zero-order valence-electron chi connectivity index (χ0n) is 17.2. The third-order valence-electron chi connectivity index (χ3n) is 5.52. The highest BCUT2D eigenvalue weighted by atomic mass is 19.1. The first-order valence-corrected chi connectivity index (χ1v) is 9.83. The number of nitrogens with zero attached hydrogens (tertiary/aromatic N) is 4.